The quantitative estimate of drug-likeness (QED) is 0.386. The molecule has 27 heavy (non-hydrogen) atoms. The smallest absolute Gasteiger partial charge is 0.181 e. The van der Waals surface area contributed by atoms with Crippen LogP contribution in [-0.4, -0.2) is 4.98 Å². The summed E-state index contributed by atoms with van der Waals surface area (Å²) in [4.78, 5) is 4.50. The molecule has 0 fully saturated rings. The van der Waals surface area contributed by atoms with E-state index in [0.717, 1.165) is 5.69 Å². The molecule has 0 amide bonds. The predicted molar refractivity (Wildman–Crippen MR) is 113 cm³/mol. The first-order chi connectivity index (χ1) is 12.9. The van der Waals surface area contributed by atoms with Gasteiger partial charge < -0.3 is 4.42 Å². The Balaban J connectivity index is 2.22. The molecule has 4 aromatic rings. The number of oxazole rings is 1. The molecule has 0 atom stereocenters. The lowest BCUT2D eigenvalue weighted by molar-refractivity contribution is 0.558. The number of aromatic nitrogens is 1. The molecule has 0 saturated carbocycles. The van der Waals surface area contributed by atoms with Crippen LogP contribution in [0, 0.1) is 41.5 Å². The molecule has 0 unspecified atom stereocenters. The molecule has 136 valence electrons. The predicted octanol–water partition coefficient (Wildman–Crippen LogP) is 7.01. The van der Waals surface area contributed by atoms with E-state index in [0.29, 0.717) is 0 Å². The van der Waals surface area contributed by atoms with Gasteiger partial charge in [-0.1, -0.05) is 30.3 Å². The average Bonchev–Trinajstić information content (AvgIpc) is 3.20. The van der Waals surface area contributed by atoms with E-state index in [9.17, 15) is 0 Å². The zero-order valence-electron chi connectivity index (χ0n) is 16.9. The molecule has 0 radical (unpaired) electrons. The Hall–Kier alpha value is -2.87. The molecule has 2 nitrogen and oxygen atoms in total. The van der Waals surface area contributed by atoms with Crippen molar-refractivity contribution in [1.29, 1.82) is 0 Å². The van der Waals surface area contributed by atoms with Crippen molar-refractivity contribution in [3.8, 4) is 22.4 Å². The minimum Gasteiger partial charge on any atom is -0.451 e. The average molecular weight is 355 g/mol. The summed E-state index contributed by atoms with van der Waals surface area (Å²) >= 11 is 0. The van der Waals surface area contributed by atoms with Crippen molar-refractivity contribution in [2.75, 3.05) is 0 Å². The summed E-state index contributed by atoms with van der Waals surface area (Å²) < 4.78 is 5.34. The SMILES string of the molecule is Cc1cc(-c2c(C)c(C)c(C)c(C)c2-c2cocn2)c2ccccc2c1C. The van der Waals surface area contributed by atoms with E-state index >= 15 is 0 Å². The molecule has 0 aliphatic rings. The number of nitrogens with zero attached hydrogens (tertiary/aromatic N) is 1. The second kappa shape index (κ2) is 6.38. The Bertz CT molecular complexity index is 1170. The minimum absolute atomic E-state index is 0.899. The molecule has 1 heterocycles. The molecule has 0 aliphatic heterocycles. The lowest BCUT2D eigenvalue weighted by Crippen LogP contribution is -2.01. The van der Waals surface area contributed by atoms with Gasteiger partial charge in [0.1, 0.15) is 12.0 Å². The van der Waals surface area contributed by atoms with Crippen LogP contribution in [-0.2, 0) is 0 Å². The van der Waals surface area contributed by atoms with Crippen LogP contribution in [0.2, 0.25) is 0 Å². The van der Waals surface area contributed by atoms with Crippen molar-refractivity contribution in [3.63, 3.8) is 0 Å². The molecule has 0 bridgehead atoms. The first-order valence-corrected chi connectivity index (χ1v) is 9.40. The van der Waals surface area contributed by atoms with Crippen molar-refractivity contribution in [2.45, 2.75) is 41.5 Å². The molecule has 0 spiro atoms. The number of fused-ring (bicyclic) bond motifs is 1. The Morgan fingerprint density at radius 2 is 1.33 bits per heavy atom. The maximum Gasteiger partial charge on any atom is 0.181 e. The molecular weight excluding hydrogens is 330 g/mol. The summed E-state index contributed by atoms with van der Waals surface area (Å²) in [5.74, 6) is 0. The highest BCUT2D eigenvalue weighted by Gasteiger charge is 2.21. The molecule has 2 heteroatoms. The van der Waals surface area contributed by atoms with Gasteiger partial charge in [0.2, 0.25) is 0 Å². The first-order valence-electron chi connectivity index (χ1n) is 9.40. The molecule has 4 rings (SSSR count). The molecule has 1 aromatic heterocycles. The van der Waals surface area contributed by atoms with Gasteiger partial charge in [-0.05, 0) is 96.8 Å². The monoisotopic (exact) mass is 355 g/mol. The number of hydrogen-bond acceptors (Lipinski definition) is 2. The topological polar surface area (TPSA) is 26.0 Å². The fourth-order valence-corrected chi connectivity index (χ4v) is 4.17. The van der Waals surface area contributed by atoms with Crippen molar-refractivity contribution in [2.24, 2.45) is 0 Å². The summed E-state index contributed by atoms with van der Waals surface area (Å²) in [6.45, 7) is 13.2. The van der Waals surface area contributed by atoms with Gasteiger partial charge in [0, 0.05) is 5.56 Å². The molecule has 0 aliphatic carbocycles. The van der Waals surface area contributed by atoms with Crippen LogP contribution in [0.3, 0.4) is 0 Å². The van der Waals surface area contributed by atoms with Crippen molar-refractivity contribution < 1.29 is 4.42 Å². The number of rotatable bonds is 2. The normalized spacial score (nSPS) is 11.3. The highest BCUT2D eigenvalue weighted by molar-refractivity contribution is 6.03. The van der Waals surface area contributed by atoms with Crippen molar-refractivity contribution in [1.82, 2.24) is 4.98 Å². The second-order valence-electron chi connectivity index (χ2n) is 7.54. The Kier molecular flexibility index (Phi) is 4.15. The van der Waals surface area contributed by atoms with E-state index in [-0.39, 0.29) is 0 Å². The van der Waals surface area contributed by atoms with Crippen molar-refractivity contribution >= 4 is 10.8 Å². The lowest BCUT2D eigenvalue weighted by Gasteiger charge is -2.22. The van der Waals surface area contributed by atoms with Crippen LogP contribution in [0.5, 0.6) is 0 Å². The Morgan fingerprint density at radius 3 is 1.96 bits per heavy atom. The molecule has 3 aromatic carbocycles. The zero-order chi connectivity index (χ0) is 19.3. The zero-order valence-corrected chi connectivity index (χ0v) is 16.9. The first kappa shape index (κ1) is 17.5. The number of aryl methyl sites for hydroxylation is 2. The van der Waals surface area contributed by atoms with E-state index in [1.165, 1.54) is 67.2 Å². The molecule has 0 N–H and O–H groups in total. The summed E-state index contributed by atoms with van der Waals surface area (Å²) in [5, 5.41) is 2.60. The van der Waals surface area contributed by atoms with Crippen LogP contribution in [0.4, 0.5) is 0 Å². The van der Waals surface area contributed by atoms with Gasteiger partial charge in [0.05, 0.1) is 0 Å². The number of hydrogen-bond donors (Lipinski definition) is 0. The summed E-state index contributed by atoms with van der Waals surface area (Å²) in [6, 6.07) is 11.0. The van der Waals surface area contributed by atoms with E-state index in [2.05, 4.69) is 76.9 Å². The third kappa shape index (κ3) is 2.59. The van der Waals surface area contributed by atoms with Gasteiger partial charge in [0.15, 0.2) is 6.39 Å². The van der Waals surface area contributed by atoms with Crippen LogP contribution in [0.25, 0.3) is 33.2 Å². The lowest BCUT2D eigenvalue weighted by atomic mass is 9.82. The van der Waals surface area contributed by atoms with Crippen molar-refractivity contribution in [3.05, 3.63) is 76.4 Å². The minimum atomic E-state index is 0.899. The summed E-state index contributed by atoms with van der Waals surface area (Å²) in [6.07, 6.45) is 3.27. The largest absolute Gasteiger partial charge is 0.451 e. The van der Waals surface area contributed by atoms with Gasteiger partial charge in [-0.2, -0.15) is 0 Å². The standard InChI is InChI=1S/C25H25NO/c1-14-11-22(21-10-8-7-9-20(21)15(14)2)24-18(5)16(3)17(4)19(6)25(24)23-12-27-13-26-23/h7-13H,1-6H3. The van der Waals surface area contributed by atoms with E-state index in [4.69, 9.17) is 4.42 Å². The third-order valence-electron chi connectivity index (χ3n) is 6.22. The highest BCUT2D eigenvalue weighted by atomic mass is 16.3. The highest BCUT2D eigenvalue weighted by Crippen LogP contribution is 2.43. The fourth-order valence-electron chi connectivity index (χ4n) is 4.17. The Morgan fingerprint density at radius 1 is 0.704 bits per heavy atom. The van der Waals surface area contributed by atoms with E-state index in [1.54, 1.807) is 6.26 Å². The van der Waals surface area contributed by atoms with Gasteiger partial charge in [-0.15, -0.1) is 0 Å². The van der Waals surface area contributed by atoms with E-state index in [1.807, 2.05) is 0 Å². The molecule has 0 saturated heterocycles. The fraction of sp³-hybridized carbons (Fsp3) is 0.240. The summed E-state index contributed by atoms with van der Waals surface area (Å²) in [5.41, 5.74) is 12.5. The molecular formula is C25H25NO. The van der Waals surface area contributed by atoms with E-state index < -0.39 is 0 Å². The second-order valence-corrected chi connectivity index (χ2v) is 7.54. The maximum atomic E-state index is 5.34. The maximum absolute atomic E-state index is 5.34. The van der Waals surface area contributed by atoms with Crippen LogP contribution in [0.15, 0.2) is 47.4 Å². The Labute approximate surface area is 160 Å². The van der Waals surface area contributed by atoms with Crippen LogP contribution in [0.1, 0.15) is 33.4 Å². The van der Waals surface area contributed by atoms with Gasteiger partial charge in [-0.25, -0.2) is 4.98 Å². The number of benzene rings is 3. The van der Waals surface area contributed by atoms with Gasteiger partial charge in [-0.3, -0.25) is 0 Å². The third-order valence-corrected chi connectivity index (χ3v) is 6.22. The van der Waals surface area contributed by atoms with Crippen LogP contribution < -0.4 is 0 Å². The van der Waals surface area contributed by atoms with Gasteiger partial charge >= 0.3 is 0 Å². The van der Waals surface area contributed by atoms with Crippen LogP contribution >= 0.6 is 0 Å². The summed E-state index contributed by atoms with van der Waals surface area (Å²) in [7, 11) is 0. The van der Waals surface area contributed by atoms with Gasteiger partial charge in [0.25, 0.3) is 0 Å².